The summed E-state index contributed by atoms with van der Waals surface area (Å²) in [7, 11) is 0. The van der Waals surface area contributed by atoms with Gasteiger partial charge in [0.15, 0.2) is 5.58 Å². The van der Waals surface area contributed by atoms with Gasteiger partial charge >= 0.3 is 0 Å². The molecule has 6 nitrogen and oxygen atoms in total. The Balaban J connectivity index is 1.24. The maximum atomic E-state index is 12.5. The highest BCUT2D eigenvalue weighted by Gasteiger charge is 2.28. The predicted octanol–water partition coefficient (Wildman–Crippen LogP) is 3.64. The van der Waals surface area contributed by atoms with Crippen molar-refractivity contribution in [3.63, 3.8) is 0 Å². The lowest BCUT2D eigenvalue weighted by molar-refractivity contribution is -0.120. The molecule has 3 heterocycles. The molecule has 28 heavy (non-hydrogen) atoms. The van der Waals surface area contributed by atoms with Crippen molar-refractivity contribution in [2.75, 3.05) is 18.0 Å². The second-order valence-corrected chi connectivity index (χ2v) is 7.29. The molecule has 2 N–H and O–H groups in total. The van der Waals surface area contributed by atoms with Crippen molar-refractivity contribution >= 4 is 33.9 Å². The lowest BCUT2D eigenvalue weighted by atomic mass is 10.1. The number of hydrogen-bond acceptors (Lipinski definition) is 4. The van der Waals surface area contributed by atoms with Gasteiger partial charge in [0.2, 0.25) is 5.91 Å². The molecule has 1 aliphatic heterocycles. The number of oxazole rings is 1. The van der Waals surface area contributed by atoms with Gasteiger partial charge in [-0.05, 0) is 36.6 Å². The van der Waals surface area contributed by atoms with E-state index in [4.69, 9.17) is 4.42 Å². The number of benzene rings is 2. The van der Waals surface area contributed by atoms with Crippen molar-refractivity contribution < 1.29 is 9.21 Å². The lowest BCUT2D eigenvalue weighted by Gasteiger charge is -2.23. The Morgan fingerprint density at radius 3 is 3.00 bits per heavy atom. The number of amides is 1. The van der Waals surface area contributed by atoms with E-state index in [1.807, 2.05) is 54.7 Å². The van der Waals surface area contributed by atoms with Gasteiger partial charge in [0.1, 0.15) is 5.52 Å². The number of fused-ring (bicyclic) bond motifs is 2. The summed E-state index contributed by atoms with van der Waals surface area (Å²) in [6.07, 6.45) is 4.39. The molecule has 0 spiro atoms. The molecule has 1 aliphatic rings. The molecule has 5 rings (SSSR count). The van der Waals surface area contributed by atoms with Crippen LogP contribution in [0.3, 0.4) is 0 Å². The van der Waals surface area contributed by atoms with E-state index in [0.717, 1.165) is 47.0 Å². The van der Waals surface area contributed by atoms with E-state index in [1.54, 1.807) is 0 Å². The topological polar surface area (TPSA) is 74.2 Å². The first kappa shape index (κ1) is 16.9. The molecule has 1 atom stereocenters. The highest BCUT2D eigenvalue weighted by Crippen LogP contribution is 2.28. The zero-order valence-electron chi connectivity index (χ0n) is 15.5. The maximum absolute atomic E-state index is 12.5. The molecular weight excluding hydrogens is 352 g/mol. The van der Waals surface area contributed by atoms with Crippen LogP contribution >= 0.6 is 0 Å². The summed E-state index contributed by atoms with van der Waals surface area (Å²) >= 11 is 0. The minimum atomic E-state index is 0.0363. The van der Waals surface area contributed by atoms with Crippen molar-refractivity contribution in [3.8, 4) is 0 Å². The first-order valence-electron chi connectivity index (χ1n) is 9.72. The molecule has 1 amide bonds. The summed E-state index contributed by atoms with van der Waals surface area (Å²) in [5.41, 5.74) is 3.75. The maximum Gasteiger partial charge on any atom is 0.298 e. The molecule has 0 radical (unpaired) electrons. The third-order valence-corrected chi connectivity index (χ3v) is 5.47. The lowest BCUT2D eigenvalue weighted by Crippen LogP contribution is -2.40. The second kappa shape index (κ2) is 7.03. The van der Waals surface area contributed by atoms with Gasteiger partial charge in [-0.25, -0.2) is 0 Å². The third kappa shape index (κ3) is 3.11. The molecular formula is C22H22N4O2. The van der Waals surface area contributed by atoms with Crippen molar-refractivity contribution in [1.29, 1.82) is 0 Å². The number of aromatic nitrogens is 2. The van der Waals surface area contributed by atoms with Crippen LogP contribution in [0.5, 0.6) is 0 Å². The monoisotopic (exact) mass is 374 g/mol. The Hall–Kier alpha value is -3.28. The van der Waals surface area contributed by atoms with Crippen LogP contribution in [0.2, 0.25) is 0 Å². The van der Waals surface area contributed by atoms with Crippen molar-refractivity contribution in [2.45, 2.75) is 25.3 Å². The van der Waals surface area contributed by atoms with Crippen molar-refractivity contribution in [2.24, 2.45) is 0 Å². The van der Waals surface area contributed by atoms with Gasteiger partial charge in [-0.2, -0.15) is 4.98 Å². The Kier molecular flexibility index (Phi) is 4.24. The number of carbonyl (C=O) groups is 1. The van der Waals surface area contributed by atoms with Crippen LogP contribution in [-0.2, 0) is 11.2 Å². The van der Waals surface area contributed by atoms with Gasteiger partial charge in [0.25, 0.3) is 6.01 Å². The summed E-state index contributed by atoms with van der Waals surface area (Å²) < 4.78 is 5.92. The number of anilines is 1. The average Bonchev–Trinajstić information content (AvgIpc) is 3.44. The quantitative estimate of drug-likeness (QED) is 0.559. The van der Waals surface area contributed by atoms with Crippen molar-refractivity contribution in [1.82, 2.24) is 15.3 Å². The molecule has 0 aliphatic carbocycles. The number of para-hydroxylation sites is 3. The molecule has 2 aromatic heterocycles. The number of H-pyrrole nitrogens is 1. The minimum Gasteiger partial charge on any atom is -0.423 e. The van der Waals surface area contributed by atoms with Gasteiger partial charge in [0.05, 0.1) is 12.5 Å². The molecule has 1 fully saturated rings. The zero-order valence-corrected chi connectivity index (χ0v) is 15.5. The Labute approximate surface area is 162 Å². The highest BCUT2D eigenvalue weighted by molar-refractivity contribution is 5.88. The van der Waals surface area contributed by atoms with Gasteiger partial charge in [-0.15, -0.1) is 0 Å². The fourth-order valence-corrected chi connectivity index (χ4v) is 4.03. The molecule has 0 saturated carbocycles. The van der Waals surface area contributed by atoms with Crippen LogP contribution in [0.25, 0.3) is 22.0 Å². The normalized spacial score (nSPS) is 16.9. The average molecular weight is 374 g/mol. The Morgan fingerprint density at radius 1 is 1.21 bits per heavy atom. The van der Waals surface area contributed by atoms with Crippen molar-refractivity contribution in [3.05, 3.63) is 60.3 Å². The van der Waals surface area contributed by atoms with E-state index in [9.17, 15) is 4.79 Å². The number of aromatic amines is 1. The zero-order chi connectivity index (χ0) is 18.9. The number of nitrogens with one attached hydrogen (secondary N) is 2. The van der Waals surface area contributed by atoms with Gasteiger partial charge in [-0.3, -0.25) is 4.79 Å². The van der Waals surface area contributed by atoms with E-state index in [2.05, 4.69) is 20.2 Å². The van der Waals surface area contributed by atoms with Crippen LogP contribution in [-0.4, -0.2) is 35.0 Å². The van der Waals surface area contributed by atoms with E-state index in [1.165, 1.54) is 0 Å². The Bertz CT molecular complexity index is 1100. The molecule has 4 aromatic rings. The molecule has 6 heteroatoms. The summed E-state index contributed by atoms with van der Waals surface area (Å²) in [6, 6.07) is 16.7. The minimum absolute atomic E-state index is 0.0363. The van der Waals surface area contributed by atoms with Crippen LogP contribution in [0.15, 0.2) is 59.1 Å². The number of carbonyl (C=O) groups excluding carboxylic acids is 1. The largest absolute Gasteiger partial charge is 0.423 e. The molecule has 0 bridgehead atoms. The molecule has 1 unspecified atom stereocenters. The first-order chi connectivity index (χ1) is 13.8. The summed E-state index contributed by atoms with van der Waals surface area (Å²) in [5, 5.41) is 4.20. The number of hydrogen-bond donors (Lipinski definition) is 2. The van der Waals surface area contributed by atoms with Gasteiger partial charge in [-0.1, -0.05) is 30.3 Å². The highest BCUT2D eigenvalue weighted by atomic mass is 16.4. The molecule has 142 valence electrons. The second-order valence-electron chi connectivity index (χ2n) is 7.29. The smallest absolute Gasteiger partial charge is 0.298 e. The number of nitrogens with zero attached hydrogens (tertiary/aromatic N) is 2. The summed E-state index contributed by atoms with van der Waals surface area (Å²) in [6.45, 7) is 1.50. The molecule has 1 saturated heterocycles. The van der Waals surface area contributed by atoms with E-state index < -0.39 is 0 Å². The van der Waals surface area contributed by atoms with Crippen LogP contribution in [0.1, 0.15) is 18.4 Å². The van der Waals surface area contributed by atoms with E-state index >= 15 is 0 Å². The first-order valence-corrected chi connectivity index (χ1v) is 9.72. The molecule has 2 aromatic carbocycles. The van der Waals surface area contributed by atoms with Crippen LogP contribution < -0.4 is 10.2 Å². The van der Waals surface area contributed by atoms with Gasteiger partial charge in [0, 0.05) is 30.2 Å². The van der Waals surface area contributed by atoms with Gasteiger partial charge < -0.3 is 19.6 Å². The third-order valence-electron chi connectivity index (χ3n) is 5.47. The Morgan fingerprint density at radius 2 is 2.07 bits per heavy atom. The van der Waals surface area contributed by atoms with Crippen LogP contribution in [0.4, 0.5) is 6.01 Å². The fourth-order valence-electron chi connectivity index (χ4n) is 4.03. The van der Waals surface area contributed by atoms with E-state index in [-0.39, 0.29) is 11.9 Å². The fraction of sp³-hybridized carbons (Fsp3) is 0.273. The summed E-state index contributed by atoms with van der Waals surface area (Å²) in [4.78, 5) is 22.5. The van der Waals surface area contributed by atoms with Crippen LogP contribution in [0, 0.1) is 0 Å². The predicted molar refractivity (Wildman–Crippen MR) is 109 cm³/mol. The van der Waals surface area contributed by atoms with E-state index in [0.29, 0.717) is 19.0 Å². The summed E-state index contributed by atoms with van der Waals surface area (Å²) in [5.74, 6) is 0.0363. The SMILES string of the molecule is O=C(Cc1c[nH]c2ccccc12)NCC1CCCN1c1nc2ccccc2o1. The standard InChI is InChI=1S/C22H22N4O2/c27-21(12-15-13-23-18-8-2-1-7-17(15)18)24-14-16-6-5-11-26(16)22-25-19-9-3-4-10-20(19)28-22/h1-4,7-10,13,16,23H,5-6,11-12,14H2,(H,24,27). The number of rotatable bonds is 5.